The normalized spacial score (nSPS) is 9.73. The molecule has 2 rings (SSSR count). The summed E-state index contributed by atoms with van der Waals surface area (Å²) in [6, 6.07) is 12.7. The van der Waals surface area contributed by atoms with Gasteiger partial charge in [-0.2, -0.15) is 11.5 Å². The SMILES string of the molecule is CCCCCCCCCCCC[S-].CCCCCCCCCCCC[S-].CCC[CH2][Sn+2][CH2]CCC.CCC[CH2][Sn+2][CH2]CCC.CNc1ccc(C(=O)[O-])cc1.CNc1ccc(C(=O)[O-])cc1. The van der Waals surface area contributed by atoms with E-state index < -0.39 is 11.9 Å². The number of aromatic carboxylic acids is 2. The smallest absolute Gasteiger partial charge is 0.0715 e. The topological polar surface area (TPSA) is 104 Å². The Morgan fingerprint density at radius 2 is 0.591 bits per heavy atom. The minimum Gasteiger partial charge on any atom is -0.545 e. The van der Waals surface area contributed by atoms with Gasteiger partial charge in [-0.05, 0) is 35.4 Å². The molecule has 2 aromatic carbocycles. The molecule has 0 fully saturated rings. The summed E-state index contributed by atoms with van der Waals surface area (Å²) >= 11 is 10.1. The van der Waals surface area contributed by atoms with Gasteiger partial charge in [-0.3, -0.25) is 0 Å². The fraction of sp³-hybridized carbons (Fsp3) is 0.750. The summed E-state index contributed by atoms with van der Waals surface area (Å²) in [6.45, 7) is 13.7. The van der Waals surface area contributed by atoms with Gasteiger partial charge >= 0.3 is 139 Å². The molecule has 0 amide bonds. The van der Waals surface area contributed by atoms with E-state index in [1.807, 2.05) is 0 Å². The summed E-state index contributed by atoms with van der Waals surface area (Å²) in [5.74, 6) is -0.382. The number of carboxylic acid groups (broad SMARTS) is 2. The van der Waals surface area contributed by atoms with Crippen LogP contribution in [0.1, 0.15) is 242 Å². The average molecular weight is 1170 g/mol. The average Bonchev–Trinajstić information content (AvgIpc) is 3.34. The molecule has 6 nitrogen and oxygen atoms in total. The Balaban J connectivity index is -0.000000351. The maximum absolute atomic E-state index is 10.3. The molecule has 0 spiro atoms. The van der Waals surface area contributed by atoms with Crippen LogP contribution in [0.2, 0.25) is 17.7 Å². The molecule has 0 aromatic heterocycles. The van der Waals surface area contributed by atoms with Crippen molar-refractivity contribution in [2.24, 2.45) is 0 Å². The quantitative estimate of drug-likeness (QED) is 0.0395. The molecule has 380 valence electrons. The predicted octanol–water partition coefficient (Wildman–Crippen LogP) is 15.3. The Labute approximate surface area is 442 Å². The van der Waals surface area contributed by atoms with Crippen LogP contribution in [0.5, 0.6) is 0 Å². The largest absolute Gasteiger partial charge is 0.545 e. The molecule has 0 aliphatic heterocycles. The number of carboxylic acids is 2. The number of unbranched alkanes of at least 4 members (excludes halogenated alkanes) is 22. The van der Waals surface area contributed by atoms with Crippen LogP contribution in [-0.2, 0) is 25.3 Å². The van der Waals surface area contributed by atoms with Crippen molar-refractivity contribution in [2.75, 3.05) is 36.2 Å². The van der Waals surface area contributed by atoms with Crippen molar-refractivity contribution >= 4 is 90.9 Å². The number of nitrogens with one attached hydrogen (secondary N) is 2. The van der Waals surface area contributed by atoms with E-state index in [0.29, 0.717) is 0 Å². The second-order valence-corrected chi connectivity index (χ2v) is 26.3. The zero-order chi connectivity index (χ0) is 50.0. The minimum absolute atomic E-state index is 0.149. The Morgan fingerprint density at radius 1 is 0.379 bits per heavy atom. The van der Waals surface area contributed by atoms with E-state index in [1.54, 1.807) is 56.1 Å². The van der Waals surface area contributed by atoms with Crippen molar-refractivity contribution in [3.8, 4) is 0 Å². The zero-order valence-corrected chi connectivity index (χ0v) is 51.5. The number of hydrogen-bond donors (Lipinski definition) is 2. The third-order valence-electron chi connectivity index (χ3n) is 10.6. The summed E-state index contributed by atoms with van der Waals surface area (Å²) in [7, 11) is 3.54. The zero-order valence-electron chi connectivity index (χ0n) is 44.1. The fourth-order valence-electron chi connectivity index (χ4n) is 6.18. The first-order chi connectivity index (χ1) is 32.1. The summed E-state index contributed by atoms with van der Waals surface area (Å²) in [6.07, 6.45) is 39.8. The summed E-state index contributed by atoms with van der Waals surface area (Å²) in [5, 5.41) is 26.3. The molecule has 0 atom stereocenters. The number of benzene rings is 2. The standard InChI is InChI=1S/2C12H26S.2C8H9NO2.4C4H9.2Sn/c2*1-2-3-4-5-6-7-8-9-10-11-12-13;2*1-9-7-4-2-6(3-5-7)8(10)11;4*1-3-4-2;;/h2*13H,2-12H2,1H3;2*2-5,9H,1H3,(H,10,11);4*1,3-4H2,2H3;;/q;;;;;;;;2*+2/p-4. The van der Waals surface area contributed by atoms with E-state index in [0.717, 1.165) is 22.9 Å². The van der Waals surface area contributed by atoms with E-state index in [9.17, 15) is 19.8 Å². The molecule has 0 saturated heterocycles. The van der Waals surface area contributed by atoms with Crippen LogP contribution in [0.3, 0.4) is 0 Å². The van der Waals surface area contributed by atoms with Gasteiger partial charge in [0.25, 0.3) is 0 Å². The molecular formula is C56H102N2O4S2Sn2. The molecule has 0 bridgehead atoms. The Bertz CT molecular complexity index is 1080. The molecule has 2 N–H and O–H groups in total. The second kappa shape index (κ2) is 64.3. The Morgan fingerprint density at radius 3 is 0.773 bits per heavy atom. The minimum atomic E-state index is -1.15. The van der Waals surface area contributed by atoms with E-state index in [2.05, 4.69) is 52.2 Å². The van der Waals surface area contributed by atoms with E-state index in [-0.39, 0.29) is 53.4 Å². The molecule has 66 heavy (non-hydrogen) atoms. The van der Waals surface area contributed by atoms with Crippen LogP contribution in [0.4, 0.5) is 11.4 Å². The molecule has 0 heterocycles. The van der Waals surface area contributed by atoms with Crippen molar-refractivity contribution in [1.29, 1.82) is 0 Å². The van der Waals surface area contributed by atoms with Crippen LogP contribution in [0.15, 0.2) is 48.5 Å². The van der Waals surface area contributed by atoms with Crippen LogP contribution < -0.4 is 20.8 Å². The van der Waals surface area contributed by atoms with Crippen LogP contribution in [-0.4, -0.2) is 79.8 Å². The van der Waals surface area contributed by atoms with Crippen molar-refractivity contribution < 1.29 is 19.8 Å². The van der Waals surface area contributed by atoms with Crippen molar-refractivity contribution in [1.82, 2.24) is 0 Å². The van der Waals surface area contributed by atoms with E-state index in [4.69, 9.17) is 25.3 Å². The van der Waals surface area contributed by atoms with Gasteiger partial charge in [-0.25, -0.2) is 0 Å². The van der Waals surface area contributed by atoms with Gasteiger partial charge in [0.1, 0.15) is 0 Å². The van der Waals surface area contributed by atoms with Gasteiger partial charge in [-0.1, -0.05) is 167 Å². The maximum atomic E-state index is 10.3. The first kappa shape index (κ1) is 71.8. The molecule has 0 unspecified atom stereocenters. The van der Waals surface area contributed by atoms with Gasteiger partial charge in [0.2, 0.25) is 0 Å². The van der Waals surface area contributed by atoms with Gasteiger partial charge in [-0.15, -0.1) is 0 Å². The summed E-state index contributed by atoms with van der Waals surface area (Å²) < 4.78 is 6.50. The predicted molar refractivity (Wildman–Crippen MR) is 299 cm³/mol. The number of hydrogen-bond acceptors (Lipinski definition) is 8. The molecule has 0 radical (unpaired) electrons. The van der Waals surface area contributed by atoms with E-state index in [1.165, 1.54) is 204 Å². The van der Waals surface area contributed by atoms with Crippen molar-refractivity contribution in [3.05, 3.63) is 59.7 Å². The first-order valence-electron chi connectivity index (χ1n) is 26.7. The third-order valence-corrected chi connectivity index (χ3v) is 19.3. The fourth-order valence-corrected chi connectivity index (χ4v) is 14.9. The number of carbonyl (C=O) groups is 2. The molecule has 0 aliphatic carbocycles. The summed E-state index contributed by atoms with van der Waals surface area (Å²) in [4.78, 5) is 20.5. The van der Waals surface area contributed by atoms with Gasteiger partial charge in [0, 0.05) is 25.5 Å². The molecule has 2 aromatic rings. The van der Waals surface area contributed by atoms with Crippen molar-refractivity contribution in [3.63, 3.8) is 0 Å². The molecule has 0 saturated carbocycles. The third kappa shape index (κ3) is 61.3. The van der Waals surface area contributed by atoms with Crippen LogP contribution in [0, 0.1) is 0 Å². The second-order valence-electron chi connectivity index (χ2n) is 16.9. The number of rotatable bonds is 36. The Hall–Kier alpha value is -0.723. The molecule has 0 aliphatic rings. The summed E-state index contributed by atoms with van der Waals surface area (Å²) in [5.41, 5.74) is 2.16. The monoisotopic (exact) mass is 1170 g/mol. The maximum Gasteiger partial charge on any atom is 0.0715 e. The van der Waals surface area contributed by atoms with Gasteiger partial charge < -0.3 is 55.7 Å². The number of anilines is 2. The van der Waals surface area contributed by atoms with Crippen LogP contribution in [0.25, 0.3) is 0 Å². The molecular weight excluding hydrogens is 1070 g/mol. The number of carbonyl (C=O) groups excluding carboxylic acids is 2. The molecule has 10 heteroatoms. The Kier molecular flexibility index (Phi) is 70.0. The van der Waals surface area contributed by atoms with Gasteiger partial charge in [0.05, 0.1) is 11.9 Å². The van der Waals surface area contributed by atoms with E-state index >= 15 is 0 Å². The first-order valence-corrected chi connectivity index (χ1v) is 35.9. The van der Waals surface area contributed by atoms with Crippen LogP contribution >= 0.6 is 0 Å². The van der Waals surface area contributed by atoms with Crippen molar-refractivity contribution in [2.45, 2.75) is 239 Å². The van der Waals surface area contributed by atoms with Gasteiger partial charge in [0.15, 0.2) is 0 Å².